The highest BCUT2D eigenvalue weighted by Gasteiger charge is 2.10. The van der Waals surface area contributed by atoms with E-state index in [1.165, 1.54) is 29.7 Å². The molecule has 0 aliphatic rings. The zero-order valence-corrected chi connectivity index (χ0v) is 14.3. The van der Waals surface area contributed by atoms with Crippen molar-refractivity contribution in [1.82, 2.24) is 9.97 Å². The summed E-state index contributed by atoms with van der Waals surface area (Å²) in [5.74, 6) is -0.303. The van der Waals surface area contributed by atoms with Crippen LogP contribution in [0.5, 0.6) is 0 Å². The molecule has 0 saturated carbocycles. The lowest BCUT2D eigenvalue weighted by Crippen LogP contribution is -2.14. The standard InChI is InChI=1S/C16H12BrN3O2S/c17-13-4-2-1-3-10(13)7-12-9-19-16(23-12)20-15(22)11-5-6-14(21)18-8-11/h1-6,8-9H,7H2,(H,18,21)(H,19,20,22). The molecule has 0 unspecified atom stereocenters. The molecule has 3 aromatic rings. The maximum Gasteiger partial charge on any atom is 0.258 e. The van der Waals surface area contributed by atoms with E-state index in [0.717, 1.165) is 21.3 Å². The van der Waals surface area contributed by atoms with Crippen LogP contribution in [0, 0.1) is 0 Å². The van der Waals surface area contributed by atoms with E-state index in [2.05, 4.69) is 31.2 Å². The zero-order chi connectivity index (χ0) is 16.2. The molecule has 116 valence electrons. The number of carbonyl (C=O) groups is 1. The minimum absolute atomic E-state index is 0.244. The third kappa shape index (κ3) is 3.94. The second kappa shape index (κ2) is 6.89. The number of H-pyrrole nitrogens is 1. The van der Waals surface area contributed by atoms with E-state index in [1.54, 1.807) is 6.20 Å². The topological polar surface area (TPSA) is 74.8 Å². The molecule has 1 aromatic carbocycles. The first-order valence-corrected chi connectivity index (χ1v) is 8.41. The Morgan fingerprint density at radius 1 is 1.26 bits per heavy atom. The molecule has 23 heavy (non-hydrogen) atoms. The number of anilines is 1. The van der Waals surface area contributed by atoms with Gasteiger partial charge in [-0.05, 0) is 17.7 Å². The summed E-state index contributed by atoms with van der Waals surface area (Å²) in [6.45, 7) is 0. The molecule has 2 heterocycles. The first kappa shape index (κ1) is 15.6. The highest BCUT2D eigenvalue weighted by Crippen LogP contribution is 2.25. The van der Waals surface area contributed by atoms with Crippen LogP contribution in [0.1, 0.15) is 20.8 Å². The molecular formula is C16H12BrN3O2S. The number of nitrogens with zero attached hydrogens (tertiary/aromatic N) is 1. The number of aromatic nitrogens is 2. The Labute approximate surface area is 144 Å². The van der Waals surface area contributed by atoms with E-state index in [-0.39, 0.29) is 11.5 Å². The van der Waals surface area contributed by atoms with E-state index in [0.29, 0.717) is 10.7 Å². The fourth-order valence-corrected chi connectivity index (χ4v) is 3.25. The van der Waals surface area contributed by atoms with Gasteiger partial charge in [0, 0.05) is 34.2 Å². The summed E-state index contributed by atoms with van der Waals surface area (Å²) in [6, 6.07) is 10.8. The molecule has 0 saturated heterocycles. The molecule has 5 nitrogen and oxygen atoms in total. The minimum Gasteiger partial charge on any atom is -0.328 e. The van der Waals surface area contributed by atoms with Gasteiger partial charge in [0.05, 0.1) is 5.56 Å². The Morgan fingerprint density at radius 3 is 2.83 bits per heavy atom. The second-order valence-corrected chi connectivity index (χ2v) is 6.77. The van der Waals surface area contributed by atoms with E-state index < -0.39 is 0 Å². The molecule has 0 atom stereocenters. The third-order valence-electron chi connectivity index (χ3n) is 3.14. The minimum atomic E-state index is -0.303. The predicted octanol–water partition coefficient (Wildman–Crippen LogP) is 3.44. The maximum absolute atomic E-state index is 12.1. The van der Waals surface area contributed by atoms with Gasteiger partial charge in [-0.25, -0.2) is 4.98 Å². The average Bonchev–Trinajstić information content (AvgIpc) is 2.97. The van der Waals surface area contributed by atoms with Crippen LogP contribution in [0.2, 0.25) is 0 Å². The Hall–Kier alpha value is -2.25. The number of thiazole rings is 1. The smallest absolute Gasteiger partial charge is 0.258 e. The number of pyridine rings is 1. The lowest BCUT2D eigenvalue weighted by Gasteiger charge is -2.01. The van der Waals surface area contributed by atoms with Crippen molar-refractivity contribution in [2.24, 2.45) is 0 Å². The molecular weight excluding hydrogens is 378 g/mol. The third-order valence-corrected chi connectivity index (χ3v) is 4.83. The van der Waals surface area contributed by atoms with Crippen LogP contribution in [0.15, 0.2) is 58.1 Å². The number of halogens is 1. The molecule has 0 fully saturated rings. The Kier molecular flexibility index (Phi) is 4.68. The number of hydrogen-bond acceptors (Lipinski definition) is 4. The van der Waals surface area contributed by atoms with Gasteiger partial charge >= 0.3 is 0 Å². The lowest BCUT2D eigenvalue weighted by molar-refractivity contribution is 0.102. The van der Waals surface area contributed by atoms with Crippen LogP contribution < -0.4 is 10.9 Å². The number of aromatic amines is 1. The van der Waals surface area contributed by atoms with Gasteiger partial charge in [-0.15, -0.1) is 11.3 Å². The molecule has 0 aliphatic heterocycles. The monoisotopic (exact) mass is 389 g/mol. The number of benzene rings is 1. The van der Waals surface area contributed by atoms with Gasteiger partial charge in [-0.3, -0.25) is 14.9 Å². The Balaban J connectivity index is 1.70. The van der Waals surface area contributed by atoms with Gasteiger partial charge < -0.3 is 4.98 Å². The molecule has 0 radical (unpaired) electrons. The van der Waals surface area contributed by atoms with E-state index >= 15 is 0 Å². The van der Waals surface area contributed by atoms with Crippen LogP contribution in [-0.2, 0) is 6.42 Å². The summed E-state index contributed by atoms with van der Waals surface area (Å²) in [7, 11) is 0. The summed E-state index contributed by atoms with van der Waals surface area (Å²) in [5, 5.41) is 3.26. The number of nitrogens with one attached hydrogen (secondary N) is 2. The van der Waals surface area contributed by atoms with Gasteiger partial charge in [0.15, 0.2) is 5.13 Å². The van der Waals surface area contributed by atoms with Gasteiger partial charge in [0.25, 0.3) is 5.91 Å². The van der Waals surface area contributed by atoms with Crippen molar-refractivity contribution in [3.8, 4) is 0 Å². The molecule has 7 heteroatoms. The Morgan fingerprint density at radius 2 is 2.09 bits per heavy atom. The molecule has 0 spiro atoms. The Bertz CT molecular complexity index is 884. The molecule has 0 bridgehead atoms. The quantitative estimate of drug-likeness (QED) is 0.717. The van der Waals surface area contributed by atoms with Crippen LogP contribution in [0.3, 0.4) is 0 Å². The number of carbonyl (C=O) groups excluding carboxylic acids is 1. The average molecular weight is 390 g/mol. The summed E-state index contributed by atoms with van der Waals surface area (Å²) < 4.78 is 1.05. The summed E-state index contributed by atoms with van der Waals surface area (Å²) in [6.07, 6.45) is 3.88. The van der Waals surface area contributed by atoms with Crippen LogP contribution in [0.4, 0.5) is 5.13 Å². The number of hydrogen-bond donors (Lipinski definition) is 2. The van der Waals surface area contributed by atoms with E-state index in [9.17, 15) is 9.59 Å². The summed E-state index contributed by atoms with van der Waals surface area (Å²) in [4.78, 5) is 30.8. The molecule has 2 N–H and O–H groups in total. The number of amides is 1. The van der Waals surface area contributed by atoms with Crippen molar-refractivity contribution in [3.05, 3.63) is 79.6 Å². The highest BCUT2D eigenvalue weighted by atomic mass is 79.9. The van der Waals surface area contributed by atoms with Crippen molar-refractivity contribution >= 4 is 38.3 Å². The van der Waals surface area contributed by atoms with Crippen LogP contribution in [0.25, 0.3) is 0 Å². The first-order chi connectivity index (χ1) is 11.1. The summed E-state index contributed by atoms with van der Waals surface area (Å²) in [5.41, 5.74) is 1.30. The van der Waals surface area contributed by atoms with Crippen LogP contribution in [-0.4, -0.2) is 15.9 Å². The molecule has 3 rings (SSSR count). The highest BCUT2D eigenvalue weighted by molar-refractivity contribution is 9.10. The van der Waals surface area contributed by atoms with Crippen molar-refractivity contribution in [2.75, 3.05) is 5.32 Å². The maximum atomic E-state index is 12.1. The molecule has 1 amide bonds. The fourth-order valence-electron chi connectivity index (χ4n) is 2.00. The molecule has 2 aromatic heterocycles. The predicted molar refractivity (Wildman–Crippen MR) is 94.1 cm³/mol. The fraction of sp³-hybridized carbons (Fsp3) is 0.0625. The van der Waals surface area contributed by atoms with Gasteiger partial charge in [0.2, 0.25) is 5.56 Å². The summed E-state index contributed by atoms with van der Waals surface area (Å²) >= 11 is 4.95. The van der Waals surface area contributed by atoms with E-state index in [1.807, 2.05) is 24.3 Å². The van der Waals surface area contributed by atoms with Crippen molar-refractivity contribution < 1.29 is 4.79 Å². The van der Waals surface area contributed by atoms with Crippen LogP contribution >= 0.6 is 27.3 Å². The van der Waals surface area contributed by atoms with Gasteiger partial charge in [-0.1, -0.05) is 34.1 Å². The van der Waals surface area contributed by atoms with Crippen molar-refractivity contribution in [1.29, 1.82) is 0 Å². The van der Waals surface area contributed by atoms with E-state index in [4.69, 9.17) is 0 Å². The SMILES string of the molecule is O=C(Nc1ncc(Cc2ccccc2Br)s1)c1ccc(=O)[nH]c1. The zero-order valence-electron chi connectivity index (χ0n) is 11.9. The first-order valence-electron chi connectivity index (χ1n) is 6.80. The largest absolute Gasteiger partial charge is 0.328 e. The van der Waals surface area contributed by atoms with Crippen molar-refractivity contribution in [3.63, 3.8) is 0 Å². The lowest BCUT2D eigenvalue weighted by atomic mass is 10.1. The normalized spacial score (nSPS) is 10.5. The number of rotatable bonds is 4. The van der Waals surface area contributed by atoms with Crippen molar-refractivity contribution in [2.45, 2.75) is 6.42 Å². The van der Waals surface area contributed by atoms with Gasteiger partial charge in [-0.2, -0.15) is 0 Å². The molecule has 0 aliphatic carbocycles. The second-order valence-electron chi connectivity index (χ2n) is 4.80. The van der Waals surface area contributed by atoms with Gasteiger partial charge in [0.1, 0.15) is 0 Å².